The van der Waals surface area contributed by atoms with Gasteiger partial charge in [0.1, 0.15) is 0 Å². The fraction of sp³-hybridized carbons (Fsp3) is 0.875. The molecule has 0 aromatic carbocycles. The Hall–Kier alpha value is -1.26. The lowest BCUT2D eigenvalue weighted by molar-refractivity contribution is -0.148. The molecule has 0 bridgehead atoms. The van der Waals surface area contributed by atoms with Gasteiger partial charge in [0.15, 0.2) is 0 Å². The normalized spacial score (nSPS) is 21.9. The highest BCUT2D eigenvalue weighted by molar-refractivity contribution is 5.79. The zero-order chi connectivity index (χ0) is 16.0. The van der Waals surface area contributed by atoms with E-state index in [1.165, 1.54) is 0 Å². The summed E-state index contributed by atoms with van der Waals surface area (Å²) in [5.74, 6) is -0.254. The van der Waals surface area contributed by atoms with Gasteiger partial charge in [-0.2, -0.15) is 0 Å². The summed E-state index contributed by atoms with van der Waals surface area (Å²) in [5, 5.41) is 9.43. The molecule has 1 aliphatic heterocycles. The Bertz CT molecular complexity index is 369. The van der Waals surface area contributed by atoms with Gasteiger partial charge in [0.2, 0.25) is 0 Å². The van der Waals surface area contributed by atoms with Gasteiger partial charge in [-0.05, 0) is 25.7 Å². The second kappa shape index (κ2) is 7.66. The van der Waals surface area contributed by atoms with Crippen LogP contribution in [0.15, 0.2) is 0 Å². The van der Waals surface area contributed by atoms with Crippen LogP contribution in [-0.4, -0.2) is 53.1 Å². The van der Waals surface area contributed by atoms with Crippen LogP contribution >= 0.6 is 0 Å². The zero-order valence-corrected chi connectivity index (χ0v) is 13.9. The van der Waals surface area contributed by atoms with Crippen LogP contribution in [0.5, 0.6) is 0 Å². The van der Waals surface area contributed by atoms with E-state index in [2.05, 4.69) is 13.8 Å². The minimum absolute atomic E-state index is 0.000903. The van der Waals surface area contributed by atoms with E-state index in [-0.39, 0.29) is 6.03 Å². The minimum atomic E-state index is -0.775. The number of carboxylic acids is 1. The Balaban J connectivity index is 2.72. The molecule has 1 saturated heterocycles. The summed E-state index contributed by atoms with van der Waals surface area (Å²) in [5.41, 5.74) is -0.746. The molecule has 1 N–H and O–H groups in total. The van der Waals surface area contributed by atoms with Gasteiger partial charge in [-0.3, -0.25) is 4.79 Å². The Morgan fingerprint density at radius 3 is 2.24 bits per heavy atom. The highest BCUT2D eigenvalue weighted by atomic mass is 16.4. The molecule has 1 unspecified atom stereocenters. The first-order valence-electron chi connectivity index (χ1n) is 8.21. The van der Waals surface area contributed by atoms with Crippen LogP contribution in [0.25, 0.3) is 0 Å². The van der Waals surface area contributed by atoms with Crippen molar-refractivity contribution < 1.29 is 14.7 Å². The molecule has 0 aromatic heterocycles. The van der Waals surface area contributed by atoms with Gasteiger partial charge in [-0.25, -0.2) is 4.79 Å². The molecule has 1 fully saturated rings. The summed E-state index contributed by atoms with van der Waals surface area (Å²) in [6, 6.07) is 0.000903. The number of aliphatic carboxylic acids is 1. The van der Waals surface area contributed by atoms with Crippen molar-refractivity contribution in [3.05, 3.63) is 0 Å². The Labute approximate surface area is 128 Å². The maximum Gasteiger partial charge on any atom is 0.320 e. The predicted octanol–water partition coefficient (Wildman–Crippen LogP) is 3.05. The molecule has 0 aromatic rings. The molecule has 1 heterocycles. The fourth-order valence-electron chi connectivity index (χ4n) is 3.05. The number of amides is 2. The SMILES string of the molecule is CCC(CC)CN(CC)C(=O)N1CCC(CC)(C(=O)O)C1. The van der Waals surface area contributed by atoms with Crippen molar-refractivity contribution >= 4 is 12.0 Å². The van der Waals surface area contributed by atoms with Crippen LogP contribution in [0, 0.1) is 11.3 Å². The highest BCUT2D eigenvalue weighted by Crippen LogP contribution is 2.34. The van der Waals surface area contributed by atoms with E-state index in [4.69, 9.17) is 0 Å². The van der Waals surface area contributed by atoms with Gasteiger partial charge >= 0.3 is 12.0 Å². The number of likely N-dealkylation sites (tertiary alicyclic amines) is 1. The maximum absolute atomic E-state index is 12.6. The predicted molar refractivity (Wildman–Crippen MR) is 83.3 cm³/mol. The van der Waals surface area contributed by atoms with E-state index in [0.717, 1.165) is 19.4 Å². The molecular formula is C16H30N2O3. The molecule has 5 nitrogen and oxygen atoms in total. The number of carbonyl (C=O) groups is 2. The Morgan fingerprint density at radius 2 is 1.86 bits per heavy atom. The van der Waals surface area contributed by atoms with Gasteiger partial charge in [0, 0.05) is 26.2 Å². The molecular weight excluding hydrogens is 268 g/mol. The van der Waals surface area contributed by atoms with Crippen molar-refractivity contribution in [1.82, 2.24) is 9.80 Å². The third-order valence-corrected chi connectivity index (χ3v) is 5.04. The van der Waals surface area contributed by atoms with Crippen molar-refractivity contribution in [2.45, 2.75) is 53.4 Å². The monoisotopic (exact) mass is 298 g/mol. The molecule has 1 atom stereocenters. The summed E-state index contributed by atoms with van der Waals surface area (Å²) in [4.78, 5) is 27.7. The van der Waals surface area contributed by atoms with E-state index < -0.39 is 11.4 Å². The molecule has 122 valence electrons. The minimum Gasteiger partial charge on any atom is -0.481 e. The number of hydrogen-bond acceptors (Lipinski definition) is 2. The number of rotatable bonds is 7. The van der Waals surface area contributed by atoms with E-state index in [1.54, 1.807) is 4.90 Å². The van der Waals surface area contributed by atoms with Gasteiger partial charge in [-0.15, -0.1) is 0 Å². The second-order valence-electron chi connectivity index (χ2n) is 6.11. The highest BCUT2D eigenvalue weighted by Gasteiger charge is 2.45. The molecule has 5 heteroatoms. The van der Waals surface area contributed by atoms with Crippen LogP contribution in [0.1, 0.15) is 53.4 Å². The first-order chi connectivity index (χ1) is 9.93. The maximum atomic E-state index is 12.6. The fourth-order valence-corrected chi connectivity index (χ4v) is 3.05. The summed E-state index contributed by atoms with van der Waals surface area (Å²) in [7, 11) is 0. The van der Waals surface area contributed by atoms with Crippen molar-refractivity contribution in [1.29, 1.82) is 0 Å². The standard InChI is InChI=1S/C16H30N2O3/c1-5-13(6-2)11-17(8-4)15(21)18-10-9-16(7-3,12-18)14(19)20/h13H,5-12H2,1-4H3,(H,19,20). The van der Waals surface area contributed by atoms with Crippen molar-refractivity contribution in [3.8, 4) is 0 Å². The molecule has 0 radical (unpaired) electrons. The van der Waals surface area contributed by atoms with Gasteiger partial charge in [0.05, 0.1) is 5.41 Å². The number of nitrogens with zero attached hydrogens (tertiary/aromatic N) is 2. The summed E-state index contributed by atoms with van der Waals surface area (Å²) in [6.45, 7) is 10.5. The Kier molecular flexibility index (Phi) is 6.49. The lowest BCUT2D eigenvalue weighted by atomic mass is 9.84. The largest absolute Gasteiger partial charge is 0.481 e. The first kappa shape index (κ1) is 17.8. The molecule has 1 rings (SSSR count). The average molecular weight is 298 g/mol. The lowest BCUT2D eigenvalue weighted by Crippen LogP contribution is -2.45. The summed E-state index contributed by atoms with van der Waals surface area (Å²) in [6.07, 6.45) is 3.26. The topological polar surface area (TPSA) is 60.9 Å². The number of carbonyl (C=O) groups excluding carboxylic acids is 1. The Morgan fingerprint density at radius 1 is 1.24 bits per heavy atom. The van der Waals surface area contributed by atoms with Crippen LogP contribution < -0.4 is 0 Å². The molecule has 0 spiro atoms. The van der Waals surface area contributed by atoms with Crippen molar-refractivity contribution in [3.63, 3.8) is 0 Å². The third-order valence-electron chi connectivity index (χ3n) is 5.04. The van der Waals surface area contributed by atoms with Gasteiger partial charge in [-0.1, -0.05) is 33.6 Å². The number of urea groups is 1. The summed E-state index contributed by atoms with van der Waals surface area (Å²) < 4.78 is 0. The molecule has 2 amide bonds. The van der Waals surface area contributed by atoms with Crippen molar-refractivity contribution in [2.24, 2.45) is 11.3 Å². The van der Waals surface area contributed by atoms with E-state index in [1.807, 2.05) is 18.7 Å². The third kappa shape index (κ3) is 3.89. The average Bonchev–Trinajstić information content (AvgIpc) is 2.94. The zero-order valence-electron chi connectivity index (χ0n) is 13.9. The lowest BCUT2D eigenvalue weighted by Gasteiger charge is -2.31. The van der Waals surface area contributed by atoms with Gasteiger partial charge in [0.25, 0.3) is 0 Å². The van der Waals surface area contributed by atoms with Crippen LogP contribution in [-0.2, 0) is 4.79 Å². The van der Waals surface area contributed by atoms with Crippen LogP contribution in [0.4, 0.5) is 4.79 Å². The molecule has 1 aliphatic rings. The van der Waals surface area contributed by atoms with E-state index >= 15 is 0 Å². The molecule has 0 aliphatic carbocycles. The number of carboxylic acid groups (broad SMARTS) is 1. The van der Waals surface area contributed by atoms with Crippen LogP contribution in [0.3, 0.4) is 0 Å². The second-order valence-corrected chi connectivity index (χ2v) is 6.11. The van der Waals surface area contributed by atoms with E-state index in [9.17, 15) is 14.7 Å². The van der Waals surface area contributed by atoms with Gasteiger partial charge < -0.3 is 14.9 Å². The summed E-state index contributed by atoms with van der Waals surface area (Å²) >= 11 is 0. The van der Waals surface area contributed by atoms with Crippen molar-refractivity contribution in [2.75, 3.05) is 26.2 Å². The first-order valence-corrected chi connectivity index (χ1v) is 8.21. The van der Waals surface area contributed by atoms with E-state index in [0.29, 0.717) is 38.4 Å². The quantitative estimate of drug-likeness (QED) is 0.786. The smallest absolute Gasteiger partial charge is 0.320 e. The number of hydrogen-bond donors (Lipinski definition) is 1. The molecule has 0 saturated carbocycles. The van der Waals surface area contributed by atoms with Crippen LogP contribution in [0.2, 0.25) is 0 Å². The molecule has 21 heavy (non-hydrogen) atoms.